The van der Waals surface area contributed by atoms with Crippen molar-refractivity contribution in [3.63, 3.8) is 0 Å². The number of fused-ring (bicyclic) bond motifs is 1. The number of carbonyl (C=O) groups is 3. The van der Waals surface area contributed by atoms with Crippen molar-refractivity contribution < 1.29 is 32.3 Å². The molecule has 1 atom stereocenters. The maximum atomic E-state index is 13.5. The van der Waals surface area contributed by atoms with Gasteiger partial charge in [-0.15, -0.1) is 0 Å². The van der Waals surface area contributed by atoms with Crippen LogP contribution in [0.3, 0.4) is 0 Å². The third-order valence-electron chi connectivity index (χ3n) is 5.36. The Balaban J connectivity index is 1.85. The first kappa shape index (κ1) is 26.1. The zero-order chi connectivity index (χ0) is 25.8. The third kappa shape index (κ3) is 6.56. The molecule has 1 heterocycles. The van der Waals surface area contributed by atoms with Gasteiger partial charge in [-0.3, -0.25) is 9.59 Å². The van der Waals surface area contributed by atoms with E-state index in [9.17, 15) is 27.6 Å². The number of urea groups is 1. The van der Waals surface area contributed by atoms with Gasteiger partial charge in [0.15, 0.2) is 6.61 Å². The normalized spacial score (nSPS) is 15.7. The van der Waals surface area contributed by atoms with E-state index in [0.29, 0.717) is 11.3 Å². The number of para-hydroxylation sites is 1. The minimum Gasteiger partial charge on any atom is -0.484 e. The number of halogens is 4. The van der Waals surface area contributed by atoms with Crippen LogP contribution >= 0.6 is 11.6 Å². The van der Waals surface area contributed by atoms with E-state index in [1.807, 2.05) is 0 Å². The summed E-state index contributed by atoms with van der Waals surface area (Å²) in [6, 6.07) is 9.85. The molecule has 0 unspecified atom stereocenters. The Bertz CT molecular complexity index is 1110. The van der Waals surface area contributed by atoms with Crippen LogP contribution in [0, 0.1) is 0 Å². The lowest BCUT2D eigenvalue weighted by Crippen LogP contribution is -2.49. The molecule has 4 amide bonds. The molecule has 2 aromatic carbocycles. The van der Waals surface area contributed by atoms with Crippen LogP contribution < -0.4 is 20.3 Å². The number of ether oxygens (including phenoxy) is 1. The highest BCUT2D eigenvalue weighted by atomic mass is 35.5. The zero-order valence-electron chi connectivity index (χ0n) is 19.0. The van der Waals surface area contributed by atoms with Crippen LogP contribution in [-0.2, 0) is 11.3 Å². The van der Waals surface area contributed by atoms with Crippen LogP contribution in [0.4, 0.5) is 23.7 Å². The molecule has 0 aromatic heterocycles. The second-order valence-electron chi connectivity index (χ2n) is 7.90. The molecular formula is C23H24ClF3N4O4. The molecule has 35 heavy (non-hydrogen) atoms. The van der Waals surface area contributed by atoms with Gasteiger partial charge in [-0.2, -0.15) is 13.2 Å². The quantitative estimate of drug-likeness (QED) is 0.640. The lowest BCUT2D eigenvalue weighted by atomic mass is 10.1. The molecule has 2 aromatic rings. The summed E-state index contributed by atoms with van der Waals surface area (Å²) in [5.41, 5.74) is 1.34. The van der Waals surface area contributed by atoms with Gasteiger partial charge >= 0.3 is 12.2 Å². The zero-order valence-corrected chi connectivity index (χ0v) is 19.7. The molecule has 3 rings (SSSR count). The Hall–Kier alpha value is -3.47. The summed E-state index contributed by atoms with van der Waals surface area (Å²) in [6.07, 6.45) is -4.51. The molecule has 188 valence electrons. The van der Waals surface area contributed by atoms with Crippen molar-refractivity contribution in [2.75, 3.05) is 31.6 Å². The van der Waals surface area contributed by atoms with E-state index in [1.165, 1.54) is 29.0 Å². The van der Waals surface area contributed by atoms with Gasteiger partial charge in [0.25, 0.3) is 5.91 Å². The SMILES string of the molecule is CNC(=O)CNC(=O)N1Cc2ccccc2N(C(=O)c2ccc(OCC(F)(F)F)cc2Cl)C[C@H]1C. The molecule has 0 saturated heterocycles. The van der Waals surface area contributed by atoms with Crippen molar-refractivity contribution in [1.29, 1.82) is 0 Å². The van der Waals surface area contributed by atoms with Crippen LogP contribution in [0.1, 0.15) is 22.8 Å². The van der Waals surface area contributed by atoms with Gasteiger partial charge in [0, 0.05) is 31.9 Å². The van der Waals surface area contributed by atoms with Crippen LogP contribution in [0.25, 0.3) is 0 Å². The standard InChI is InChI=1S/C23H24ClF3N4O4/c1-14-11-31(21(33)17-8-7-16(9-18(17)24)35-13-23(25,26)27)19-6-4-3-5-15(19)12-30(14)22(34)29-10-20(32)28-2/h3-9,14H,10-13H2,1-2H3,(H,28,32)(H,29,34)/t14-/m1/s1. The summed E-state index contributed by atoms with van der Waals surface area (Å²) in [6.45, 7) is 0.401. The van der Waals surface area contributed by atoms with Crippen LogP contribution in [-0.4, -0.2) is 61.7 Å². The molecule has 0 bridgehead atoms. The average Bonchev–Trinajstić information content (AvgIpc) is 2.96. The van der Waals surface area contributed by atoms with Crippen molar-refractivity contribution in [3.05, 3.63) is 58.6 Å². The van der Waals surface area contributed by atoms with Gasteiger partial charge in [0.05, 0.1) is 17.1 Å². The van der Waals surface area contributed by atoms with Crippen molar-refractivity contribution in [2.45, 2.75) is 25.7 Å². The van der Waals surface area contributed by atoms with Gasteiger partial charge < -0.3 is 25.2 Å². The Kier molecular flexibility index (Phi) is 8.11. The first-order valence-electron chi connectivity index (χ1n) is 10.6. The molecule has 0 fully saturated rings. The van der Waals surface area contributed by atoms with Crippen LogP contribution in [0.2, 0.25) is 5.02 Å². The first-order chi connectivity index (χ1) is 16.5. The Labute approximate surface area is 205 Å². The van der Waals surface area contributed by atoms with E-state index in [-0.39, 0.29) is 41.9 Å². The predicted octanol–water partition coefficient (Wildman–Crippen LogP) is 3.59. The number of benzene rings is 2. The maximum absolute atomic E-state index is 13.5. The topological polar surface area (TPSA) is 91.0 Å². The number of likely N-dealkylation sites (N-methyl/N-ethyl adjacent to an activating group) is 1. The first-order valence-corrected chi connectivity index (χ1v) is 11.0. The summed E-state index contributed by atoms with van der Waals surface area (Å²) < 4.78 is 42.0. The smallest absolute Gasteiger partial charge is 0.422 e. The Morgan fingerprint density at radius 3 is 2.54 bits per heavy atom. The average molecular weight is 513 g/mol. The number of hydrogen-bond donors (Lipinski definition) is 2. The molecule has 1 aliphatic heterocycles. The molecule has 1 aliphatic rings. The molecule has 8 nitrogen and oxygen atoms in total. The second kappa shape index (κ2) is 10.9. The number of nitrogens with one attached hydrogen (secondary N) is 2. The number of anilines is 1. The summed E-state index contributed by atoms with van der Waals surface area (Å²) >= 11 is 6.24. The molecule has 0 spiro atoms. The summed E-state index contributed by atoms with van der Waals surface area (Å²) in [5, 5.41) is 4.92. The van der Waals surface area contributed by atoms with Gasteiger partial charge in [0.1, 0.15) is 5.75 Å². The van der Waals surface area contributed by atoms with Crippen molar-refractivity contribution in [2.24, 2.45) is 0 Å². The molecule has 0 aliphatic carbocycles. The van der Waals surface area contributed by atoms with Crippen molar-refractivity contribution >= 4 is 35.1 Å². The number of carbonyl (C=O) groups excluding carboxylic acids is 3. The number of amides is 4. The van der Waals surface area contributed by atoms with Crippen LogP contribution in [0.15, 0.2) is 42.5 Å². The number of alkyl halides is 3. The van der Waals surface area contributed by atoms with Gasteiger partial charge in [-0.05, 0) is 36.8 Å². The molecule has 0 saturated carbocycles. The number of nitrogens with zero attached hydrogens (tertiary/aromatic N) is 2. The maximum Gasteiger partial charge on any atom is 0.422 e. The van der Waals surface area contributed by atoms with E-state index in [2.05, 4.69) is 10.6 Å². The second-order valence-corrected chi connectivity index (χ2v) is 8.31. The fraction of sp³-hybridized carbons (Fsp3) is 0.348. The van der Waals surface area contributed by atoms with Gasteiger partial charge in [0.2, 0.25) is 5.91 Å². The minimum absolute atomic E-state index is 0.0655. The van der Waals surface area contributed by atoms with Gasteiger partial charge in [-0.25, -0.2) is 4.79 Å². The fourth-order valence-corrected chi connectivity index (χ4v) is 3.84. The minimum atomic E-state index is -4.51. The van der Waals surface area contributed by atoms with E-state index >= 15 is 0 Å². The monoisotopic (exact) mass is 512 g/mol. The number of hydrogen-bond acceptors (Lipinski definition) is 4. The largest absolute Gasteiger partial charge is 0.484 e. The highest BCUT2D eigenvalue weighted by Crippen LogP contribution is 2.31. The fourth-order valence-electron chi connectivity index (χ4n) is 3.59. The Morgan fingerprint density at radius 1 is 1.17 bits per heavy atom. The summed E-state index contributed by atoms with van der Waals surface area (Å²) in [7, 11) is 1.46. The molecule has 2 N–H and O–H groups in total. The summed E-state index contributed by atoms with van der Waals surface area (Å²) in [4.78, 5) is 40.8. The van der Waals surface area contributed by atoms with E-state index in [4.69, 9.17) is 16.3 Å². The van der Waals surface area contributed by atoms with E-state index in [0.717, 1.165) is 6.07 Å². The highest BCUT2D eigenvalue weighted by molar-refractivity contribution is 6.34. The Morgan fingerprint density at radius 2 is 1.89 bits per heavy atom. The van der Waals surface area contributed by atoms with Gasteiger partial charge in [-0.1, -0.05) is 29.8 Å². The van der Waals surface area contributed by atoms with E-state index in [1.54, 1.807) is 31.2 Å². The highest BCUT2D eigenvalue weighted by Gasteiger charge is 2.33. The van der Waals surface area contributed by atoms with Crippen molar-refractivity contribution in [3.8, 4) is 5.75 Å². The summed E-state index contributed by atoms with van der Waals surface area (Å²) in [5.74, 6) is -0.952. The van der Waals surface area contributed by atoms with Crippen LogP contribution in [0.5, 0.6) is 5.75 Å². The number of rotatable bonds is 5. The molecule has 0 radical (unpaired) electrons. The lowest BCUT2D eigenvalue weighted by molar-refractivity contribution is -0.153. The third-order valence-corrected chi connectivity index (χ3v) is 5.67. The lowest BCUT2D eigenvalue weighted by Gasteiger charge is -2.29. The predicted molar refractivity (Wildman–Crippen MR) is 124 cm³/mol. The van der Waals surface area contributed by atoms with Crippen molar-refractivity contribution in [1.82, 2.24) is 15.5 Å². The van der Waals surface area contributed by atoms with E-state index < -0.39 is 30.8 Å². The molecular weight excluding hydrogens is 489 g/mol. The molecule has 12 heteroatoms.